The lowest BCUT2D eigenvalue weighted by molar-refractivity contribution is 0.107. The molecule has 102 valence electrons. The van der Waals surface area contributed by atoms with Crippen LogP contribution in [0.4, 0.5) is 8.78 Å². The molecule has 0 amide bonds. The van der Waals surface area contributed by atoms with Crippen LogP contribution in [0.2, 0.25) is 0 Å². The Morgan fingerprint density at radius 1 is 1.37 bits per heavy atom. The number of hydrogen-bond donors (Lipinski definition) is 1. The van der Waals surface area contributed by atoms with Crippen molar-refractivity contribution in [3.8, 4) is 6.07 Å². The van der Waals surface area contributed by atoms with E-state index in [4.69, 9.17) is 10.00 Å². The highest BCUT2D eigenvalue weighted by Gasteiger charge is 2.24. The van der Waals surface area contributed by atoms with Gasteiger partial charge in [0.15, 0.2) is 0 Å². The summed E-state index contributed by atoms with van der Waals surface area (Å²) in [5.41, 5.74) is -0.0149. The van der Waals surface area contributed by atoms with Gasteiger partial charge in [0.2, 0.25) is 0 Å². The summed E-state index contributed by atoms with van der Waals surface area (Å²) in [7, 11) is 1.67. The van der Waals surface area contributed by atoms with Crippen molar-refractivity contribution in [2.75, 3.05) is 7.11 Å². The van der Waals surface area contributed by atoms with Gasteiger partial charge in [-0.05, 0) is 31.4 Å². The molecule has 19 heavy (non-hydrogen) atoms. The third-order valence-corrected chi connectivity index (χ3v) is 3.56. The molecule has 2 unspecified atom stereocenters. The maximum atomic E-state index is 13.7. The van der Waals surface area contributed by atoms with Gasteiger partial charge < -0.3 is 10.1 Å². The second kappa shape index (κ2) is 6.09. The molecule has 5 heteroatoms. The average Bonchev–Trinajstić information content (AvgIpc) is 2.85. The molecule has 3 nitrogen and oxygen atoms in total. The predicted molar refractivity (Wildman–Crippen MR) is 66.3 cm³/mol. The van der Waals surface area contributed by atoms with Crippen LogP contribution in [0.5, 0.6) is 0 Å². The van der Waals surface area contributed by atoms with Crippen LogP contribution in [0.3, 0.4) is 0 Å². The SMILES string of the molecule is COC1CCC(NCc2c(F)cc(C#N)cc2F)C1. The van der Waals surface area contributed by atoms with Crippen LogP contribution in [-0.2, 0) is 11.3 Å². The molecule has 0 aliphatic heterocycles. The smallest absolute Gasteiger partial charge is 0.131 e. The van der Waals surface area contributed by atoms with Crippen molar-refractivity contribution in [1.29, 1.82) is 5.26 Å². The molecule has 1 aromatic rings. The second-order valence-electron chi connectivity index (χ2n) is 4.78. The van der Waals surface area contributed by atoms with E-state index in [2.05, 4.69) is 5.32 Å². The van der Waals surface area contributed by atoms with Crippen molar-refractivity contribution < 1.29 is 13.5 Å². The fourth-order valence-corrected chi connectivity index (χ4v) is 2.42. The highest BCUT2D eigenvalue weighted by molar-refractivity contribution is 5.34. The zero-order valence-electron chi connectivity index (χ0n) is 10.7. The normalized spacial score (nSPS) is 22.4. The molecule has 0 spiro atoms. The fraction of sp³-hybridized carbons (Fsp3) is 0.500. The Bertz CT molecular complexity index is 476. The van der Waals surface area contributed by atoms with E-state index < -0.39 is 11.6 Å². The van der Waals surface area contributed by atoms with Crippen LogP contribution in [0.25, 0.3) is 0 Å². The Labute approximate surface area is 111 Å². The summed E-state index contributed by atoms with van der Waals surface area (Å²) in [4.78, 5) is 0. The molecule has 0 bridgehead atoms. The summed E-state index contributed by atoms with van der Waals surface area (Å²) >= 11 is 0. The monoisotopic (exact) mass is 266 g/mol. The number of rotatable bonds is 4. The van der Waals surface area contributed by atoms with E-state index in [0.29, 0.717) is 0 Å². The van der Waals surface area contributed by atoms with Crippen molar-refractivity contribution in [3.05, 3.63) is 34.9 Å². The molecule has 1 aliphatic rings. The fourth-order valence-electron chi connectivity index (χ4n) is 2.42. The first-order chi connectivity index (χ1) is 9.13. The lowest BCUT2D eigenvalue weighted by atomic mass is 10.1. The Morgan fingerprint density at radius 3 is 2.58 bits per heavy atom. The second-order valence-corrected chi connectivity index (χ2v) is 4.78. The van der Waals surface area contributed by atoms with E-state index in [0.717, 1.165) is 31.4 Å². The third kappa shape index (κ3) is 3.28. The van der Waals surface area contributed by atoms with E-state index >= 15 is 0 Å². The molecule has 1 aromatic carbocycles. The van der Waals surface area contributed by atoms with E-state index in [1.807, 2.05) is 0 Å². The van der Waals surface area contributed by atoms with Gasteiger partial charge in [-0.3, -0.25) is 0 Å². The first kappa shape index (κ1) is 13.9. The van der Waals surface area contributed by atoms with E-state index in [1.165, 1.54) is 0 Å². The van der Waals surface area contributed by atoms with Gasteiger partial charge in [-0.25, -0.2) is 8.78 Å². The molecule has 1 saturated carbocycles. The molecule has 0 heterocycles. The van der Waals surface area contributed by atoms with Gasteiger partial charge in [-0.1, -0.05) is 0 Å². The summed E-state index contributed by atoms with van der Waals surface area (Å²) in [6, 6.07) is 4.08. The van der Waals surface area contributed by atoms with Crippen LogP contribution in [0.15, 0.2) is 12.1 Å². The highest BCUT2D eigenvalue weighted by atomic mass is 19.1. The number of benzene rings is 1. The Morgan fingerprint density at radius 2 is 2.05 bits per heavy atom. The number of hydrogen-bond acceptors (Lipinski definition) is 3. The molecule has 1 fully saturated rings. The van der Waals surface area contributed by atoms with Crippen LogP contribution in [0.1, 0.15) is 30.4 Å². The van der Waals surface area contributed by atoms with Crippen LogP contribution in [-0.4, -0.2) is 19.3 Å². The predicted octanol–water partition coefficient (Wildman–Crippen LogP) is 2.49. The Hall–Kier alpha value is -1.51. The maximum absolute atomic E-state index is 13.7. The van der Waals surface area contributed by atoms with Crippen LogP contribution < -0.4 is 5.32 Å². The summed E-state index contributed by atoms with van der Waals surface area (Å²) in [5.74, 6) is -1.35. The van der Waals surface area contributed by atoms with Crippen molar-refractivity contribution in [2.24, 2.45) is 0 Å². The zero-order chi connectivity index (χ0) is 13.8. The minimum Gasteiger partial charge on any atom is -0.381 e. The van der Waals surface area contributed by atoms with Crippen molar-refractivity contribution >= 4 is 0 Å². The molecule has 2 atom stereocenters. The number of methoxy groups -OCH3 is 1. The number of nitriles is 1. The average molecular weight is 266 g/mol. The first-order valence-corrected chi connectivity index (χ1v) is 6.28. The topological polar surface area (TPSA) is 45.0 Å². The molecule has 0 aromatic heterocycles. The molecular weight excluding hydrogens is 250 g/mol. The Kier molecular flexibility index (Phi) is 4.46. The zero-order valence-corrected chi connectivity index (χ0v) is 10.7. The largest absolute Gasteiger partial charge is 0.381 e. The number of halogens is 2. The quantitative estimate of drug-likeness (QED) is 0.910. The molecule has 0 radical (unpaired) electrons. The standard InChI is InChI=1S/C14H16F2N2O/c1-19-11-3-2-10(6-11)18-8-12-13(15)4-9(7-17)5-14(12)16/h4-5,10-11,18H,2-3,6,8H2,1H3. The van der Waals surface area contributed by atoms with E-state index in [9.17, 15) is 8.78 Å². The number of ether oxygens (including phenoxy) is 1. The summed E-state index contributed by atoms with van der Waals surface area (Å²) < 4.78 is 32.6. The Balaban J connectivity index is 1.99. The minimum absolute atomic E-state index is 0.000867. The van der Waals surface area contributed by atoms with Gasteiger partial charge in [-0.2, -0.15) is 5.26 Å². The maximum Gasteiger partial charge on any atom is 0.131 e. The van der Waals surface area contributed by atoms with Gasteiger partial charge in [0.25, 0.3) is 0 Å². The van der Waals surface area contributed by atoms with Gasteiger partial charge in [0.05, 0.1) is 17.7 Å². The van der Waals surface area contributed by atoms with Crippen LogP contribution in [0, 0.1) is 23.0 Å². The van der Waals surface area contributed by atoms with Gasteiger partial charge in [0.1, 0.15) is 11.6 Å². The summed E-state index contributed by atoms with van der Waals surface area (Å²) in [6.07, 6.45) is 2.99. The number of nitrogens with one attached hydrogen (secondary N) is 1. The molecule has 1 aliphatic carbocycles. The summed E-state index contributed by atoms with van der Waals surface area (Å²) in [6.45, 7) is 0.129. The number of nitrogens with zero attached hydrogens (tertiary/aromatic N) is 1. The van der Waals surface area contributed by atoms with Gasteiger partial charge in [0, 0.05) is 25.3 Å². The lowest BCUT2D eigenvalue weighted by Gasteiger charge is -2.14. The van der Waals surface area contributed by atoms with E-state index in [-0.39, 0.29) is 29.8 Å². The van der Waals surface area contributed by atoms with Gasteiger partial charge >= 0.3 is 0 Å². The van der Waals surface area contributed by atoms with Gasteiger partial charge in [-0.15, -0.1) is 0 Å². The van der Waals surface area contributed by atoms with Crippen molar-refractivity contribution in [2.45, 2.75) is 38.0 Å². The third-order valence-electron chi connectivity index (χ3n) is 3.56. The first-order valence-electron chi connectivity index (χ1n) is 6.28. The van der Waals surface area contributed by atoms with Crippen molar-refractivity contribution in [3.63, 3.8) is 0 Å². The molecule has 0 saturated heterocycles. The highest BCUT2D eigenvalue weighted by Crippen LogP contribution is 2.22. The van der Waals surface area contributed by atoms with Crippen LogP contribution >= 0.6 is 0 Å². The molecule has 2 rings (SSSR count). The van der Waals surface area contributed by atoms with Crippen molar-refractivity contribution in [1.82, 2.24) is 5.32 Å². The summed E-state index contributed by atoms with van der Waals surface area (Å²) in [5, 5.41) is 11.8. The molecule has 1 N–H and O–H groups in total. The lowest BCUT2D eigenvalue weighted by Crippen LogP contribution is -2.27. The van der Waals surface area contributed by atoms with E-state index in [1.54, 1.807) is 13.2 Å². The minimum atomic E-state index is -0.676. The molecular formula is C14H16F2N2O.